The fourth-order valence-electron chi connectivity index (χ4n) is 3.98. The van der Waals surface area contributed by atoms with E-state index in [1.165, 1.54) is 0 Å². The SMILES string of the molecule is Cc1cc(CN2CC3CN(c4cc(C(C)C)ncn4)CC3C2)no1. The van der Waals surface area contributed by atoms with E-state index in [2.05, 4.69) is 44.8 Å². The molecule has 0 aliphatic carbocycles. The number of hydrogen-bond donors (Lipinski definition) is 0. The van der Waals surface area contributed by atoms with Gasteiger partial charge in [-0.1, -0.05) is 19.0 Å². The molecule has 4 heterocycles. The number of hydrogen-bond acceptors (Lipinski definition) is 6. The molecule has 2 fully saturated rings. The largest absolute Gasteiger partial charge is 0.361 e. The molecule has 0 N–H and O–H groups in total. The Kier molecular flexibility index (Phi) is 4.00. The number of fused-ring (bicyclic) bond motifs is 1. The van der Waals surface area contributed by atoms with Crippen LogP contribution >= 0.6 is 0 Å². The number of rotatable bonds is 4. The van der Waals surface area contributed by atoms with Gasteiger partial charge in [0.25, 0.3) is 0 Å². The molecule has 0 saturated carbocycles. The molecule has 2 atom stereocenters. The van der Waals surface area contributed by atoms with Crippen molar-refractivity contribution in [2.24, 2.45) is 11.8 Å². The van der Waals surface area contributed by atoms with Gasteiger partial charge in [-0.25, -0.2) is 9.97 Å². The van der Waals surface area contributed by atoms with Crippen LogP contribution in [0.4, 0.5) is 5.82 Å². The van der Waals surface area contributed by atoms with Crippen LogP contribution in [0.5, 0.6) is 0 Å². The summed E-state index contributed by atoms with van der Waals surface area (Å²) in [6, 6.07) is 4.19. The topological polar surface area (TPSA) is 58.3 Å². The predicted molar refractivity (Wildman–Crippen MR) is 91.8 cm³/mol. The molecule has 0 amide bonds. The van der Waals surface area contributed by atoms with E-state index in [0.29, 0.717) is 5.92 Å². The second-order valence-corrected chi connectivity index (χ2v) is 7.50. The fourth-order valence-corrected chi connectivity index (χ4v) is 3.98. The van der Waals surface area contributed by atoms with Crippen molar-refractivity contribution in [3.05, 3.63) is 35.6 Å². The highest BCUT2D eigenvalue weighted by atomic mass is 16.5. The quantitative estimate of drug-likeness (QED) is 0.860. The molecule has 2 aromatic heterocycles. The standard InChI is InChI=1S/C18H25N5O/c1-12(2)17-5-18(20-11-19-17)23-8-14-6-22(7-15(14)9-23)10-16-4-13(3)24-21-16/h4-5,11-12,14-15H,6-10H2,1-3H3. The van der Waals surface area contributed by atoms with Crippen LogP contribution in [0.1, 0.15) is 36.9 Å². The highest BCUT2D eigenvalue weighted by molar-refractivity contribution is 5.41. The molecule has 2 saturated heterocycles. The third-order valence-corrected chi connectivity index (χ3v) is 5.21. The van der Waals surface area contributed by atoms with Gasteiger partial charge >= 0.3 is 0 Å². The van der Waals surface area contributed by atoms with Crippen LogP contribution in [0.15, 0.2) is 23.0 Å². The van der Waals surface area contributed by atoms with Gasteiger partial charge in [0.05, 0.1) is 5.69 Å². The lowest BCUT2D eigenvalue weighted by Crippen LogP contribution is -2.29. The molecule has 2 unspecified atom stereocenters. The second kappa shape index (κ2) is 6.16. The smallest absolute Gasteiger partial charge is 0.133 e. The second-order valence-electron chi connectivity index (χ2n) is 7.50. The van der Waals surface area contributed by atoms with Gasteiger partial charge in [-0.05, 0) is 24.7 Å². The molecule has 0 aromatic carbocycles. The highest BCUT2D eigenvalue weighted by Gasteiger charge is 2.40. The molecule has 128 valence electrons. The summed E-state index contributed by atoms with van der Waals surface area (Å²) in [5.41, 5.74) is 2.17. The van der Waals surface area contributed by atoms with E-state index >= 15 is 0 Å². The van der Waals surface area contributed by atoms with Gasteiger partial charge in [-0.2, -0.15) is 0 Å². The van der Waals surface area contributed by atoms with Crippen molar-refractivity contribution in [3.8, 4) is 0 Å². The minimum Gasteiger partial charge on any atom is -0.361 e. The number of aromatic nitrogens is 3. The first-order valence-corrected chi connectivity index (χ1v) is 8.80. The van der Waals surface area contributed by atoms with Crippen LogP contribution in [-0.4, -0.2) is 46.2 Å². The molecular formula is C18H25N5O. The monoisotopic (exact) mass is 327 g/mol. The number of nitrogens with zero attached hydrogens (tertiary/aromatic N) is 5. The first-order chi connectivity index (χ1) is 11.6. The molecule has 2 aliphatic rings. The summed E-state index contributed by atoms with van der Waals surface area (Å²) in [6.45, 7) is 11.6. The Morgan fingerprint density at radius 3 is 2.50 bits per heavy atom. The Balaban J connectivity index is 1.38. The predicted octanol–water partition coefficient (Wildman–Crippen LogP) is 2.46. The van der Waals surface area contributed by atoms with Crippen LogP contribution in [-0.2, 0) is 6.54 Å². The molecule has 0 bridgehead atoms. The Morgan fingerprint density at radius 2 is 1.88 bits per heavy atom. The molecule has 4 rings (SSSR count). The van der Waals surface area contributed by atoms with Crippen LogP contribution in [0, 0.1) is 18.8 Å². The maximum absolute atomic E-state index is 5.18. The van der Waals surface area contributed by atoms with Gasteiger partial charge < -0.3 is 9.42 Å². The lowest BCUT2D eigenvalue weighted by Gasteiger charge is -2.22. The van der Waals surface area contributed by atoms with Crippen molar-refractivity contribution < 1.29 is 4.52 Å². The van der Waals surface area contributed by atoms with Gasteiger partial charge in [0.2, 0.25) is 0 Å². The highest BCUT2D eigenvalue weighted by Crippen LogP contribution is 2.34. The molecule has 2 aliphatic heterocycles. The first-order valence-electron chi connectivity index (χ1n) is 8.80. The van der Waals surface area contributed by atoms with E-state index in [0.717, 1.165) is 67.5 Å². The third-order valence-electron chi connectivity index (χ3n) is 5.21. The van der Waals surface area contributed by atoms with E-state index in [1.54, 1.807) is 6.33 Å². The van der Waals surface area contributed by atoms with Crippen molar-refractivity contribution in [2.75, 3.05) is 31.1 Å². The van der Waals surface area contributed by atoms with Crippen molar-refractivity contribution in [1.82, 2.24) is 20.0 Å². The summed E-state index contributed by atoms with van der Waals surface area (Å²) in [5.74, 6) is 3.85. The van der Waals surface area contributed by atoms with E-state index < -0.39 is 0 Å². The maximum atomic E-state index is 5.18. The summed E-state index contributed by atoms with van der Waals surface area (Å²) >= 11 is 0. The van der Waals surface area contributed by atoms with Crippen molar-refractivity contribution in [1.29, 1.82) is 0 Å². The Labute approximate surface area is 142 Å². The van der Waals surface area contributed by atoms with Crippen molar-refractivity contribution in [3.63, 3.8) is 0 Å². The van der Waals surface area contributed by atoms with Crippen molar-refractivity contribution in [2.45, 2.75) is 33.2 Å². The molecular weight excluding hydrogens is 302 g/mol. The van der Waals surface area contributed by atoms with E-state index in [9.17, 15) is 0 Å². The third kappa shape index (κ3) is 3.02. The van der Waals surface area contributed by atoms with Gasteiger partial charge in [0.1, 0.15) is 17.9 Å². The maximum Gasteiger partial charge on any atom is 0.133 e. The first kappa shape index (κ1) is 15.6. The zero-order valence-corrected chi connectivity index (χ0v) is 14.6. The molecule has 24 heavy (non-hydrogen) atoms. The Hall–Kier alpha value is -1.95. The number of anilines is 1. The van der Waals surface area contributed by atoms with Gasteiger partial charge in [-0.15, -0.1) is 0 Å². The molecule has 0 spiro atoms. The minimum atomic E-state index is 0.440. The Morgan fingerprint density at radius 1 is 1.12 bits per heavy atom. The zero-order chi connectivity index (χ0) is 16.7. The van der Waals surface area contributed by atoms with Crippen LogP contribution in [0.25, 0.3) is 0 Å². The minimum absolute atomic E-state index is 0.440. The molecule has 2 aromatic rings. The van der Waals surface area contributed by atoms with Crippen LogP contribution < -0.4 is 4.90 Å². The van der Waals surface area contributed by atoms with E-state index in [-0.39, 0.29) is 0 Å². The summed E-state index contributed by atoms with van der Waals surface area (Å²) in [7, 11) is 0. The zero-order valence-electron chi connectivity index (χ0n) is 14.6. The van der Waals surface area contributed by atoms with Crippen LogP contribution in [0.2, 0.25) is 0 Å². The van der Waals surface area contributed by atoms with Gasteiger partial charge in [-0.3, -0.25) is 4.90 Å². The molecule has 6 nitrogen and oxygen atoms in total. The fraction of sp³-hybridized carbons (Fsp3) is 0.611. The molecule has 0 radical (unpaired) electrons. The van der Waals surface area contributed by atoms with E-state index in [1.807, 2.05) is 13.0 Å². The lowest BCUT2D eigenvalue weighted by molar-refractivity contribution is 0.294. The Bertz CT molecular complexity index is 699. The summed E-state index contributed by atoms with van der Waals surface area (Å²) in [5, 5.41) is 4.12. The number of aryl methyl sites for hydroxylation is 1. The average molecular weight is 327 g/mol. The summed E-state index contributed by atoms with van der Waals surface area (Å²) in [6.07, 6.45) is 1.71. The normalized spacial score (nSPS) is 24.1. The van der Waals surface area contributed by atoms with Gasteiger partial charge in [0.15, 0.2) is 0 Å². The average Bonchev–Trinajstić information content (AvgIpc) is 3.22. The summed E-state index contributed by atoms with van der Waals surface area (Å²) < 4.78 is 5.18. The number of likely N-dealkylation sites (tertiary alicyclic amines) is 1. The molecule has 6 heteroatoms. The van der Waals surface area contributed by atoms with E-state index in [4.69, 9.17) is 4.52 Å². The summed E-state index contributed by atoms with van der Waals surface area (Å²) in [4.78, 5) is 13.8. The van der Waals surface area contributed by atoms with Gasteiger partial charge in [0, 0.05) is 50.6 Å². The van der Waals surface area contributed by atoms with Crippen molar-refractivity contribution >= 4 is 5.82 Å². The lowest BCUT2D eigenvalue weighted by atomic mass is 10.0. The van der Waals surface area contributed by atoms with Crippen LogP contribution in [0.3, 0.4) is 0 Å².